The molecule has 0 radical (unpaired) electrons. The first-order valence-electron chi connectivity index (χ1n) is 8.92. The number of epoxide rings is 3. The van der Waals surface area contributed by atoms with Gasteiger partial charge in [-0.2, -0.15) is 0 Å². The Morgan fingerprint density at radius 2 is 1.87 bits per heavy atom. The van der Waals surface area contributed by atoms with Crippen LogP contribution in [0.4, 0.5) is 0 Å². The molecule has 6 unspecified atom stereocenters. The van der Waals surface area contributed by atoms with Crippen LogP contribution in [-0.2, 0) is 23.7 Å². The molecular formula is C18H28O5. The van der Waals surface area contributed by atoms with E-state index in [4.69, 9.17) is 18.9 Å². The summed E-state index contributed by atoms with van der Waals surface area (Å²) in [6, 6.07) is 0. The molecule has 3 saturated heterocycles. The summed E-state index contributed by atoms with van der Waals surface area (Å²) < 4.78 is 22.5. The molecule has 0 aromatic carbocycles. The first-order valence-corrected chi connectivity index (χ1v) is 8.92. The van der Waals surface area contributed by atoms with Gasteiger partial charge in [0.15, 0.2) is 0 Å². The molecule has 0 aromatic heterocycles. The highest BCUT2D eigenvalue weighted by atomic mass is 16.6. The fourth-order valence-corrected chi connectivity index (χ4v) is 4.01. The number of rotatable bonds is 6. The number of carbonyl (C=O) groups is 1. The van der Waals surface area contributed by atoms with Gasteiger partial charge >= 0.3 is 5.97 Å². The van der Waals surface area contributed by atoms with E-state index in [-0.39, 0.29) is 40.9 Å². The maximum atomic E-state index is 12.2. The lowest BCUT2D eigenvalue weighted by Crippen LogP contribution is -2.29. The third kappa shape index (κ3) is 3.03. The van der Waals surface area contributed by atoms with Crippen LogP contribution in [0.3, 0.4) is 0 Å². The molecule has 23 heavy (non-hydrogen) atoms. The molecule has 0 bridgehead atoms. The van der Waals surface area contributed by atoms with Crippen LogP contribution in [0, 0.1) is 5.92 Å². The maximum absolute atomic E-state index is 12.2. The van der Waals surface area contributed by atoms with Gasteiger partial charge in [0.05, 0.1) is 34.9 Å². The third-order valence-corrected chi connectivity index (χ3v) is 6.34. The number of ether oxygens (including phenoxy) is 4. The SMILES string of the molecule is CC1(C)OC1CCC1(C)OC1COC(=O)C1CCC2(C)OC2C1. The first-order chi connectivity index (χ1) is 10.7. The Balaban J connectivity index is 1.17. The molecule has 3 aliphatic heterocycles. The average molecular weight is 324 g/mol. The third-order valence-electron chi connectivity index (χ3n) is 6.34. The number of hydrogen-bond acceptors (Lipinski definition) is 5. The zero-order chi connectivity index (χ0) is 16.5. The van der Waals surface area contributed by atoms with Crippen LogP contribution in [0.1, 0.15) is 59.8 Å². The van der Waals surface area contributed by atoms with Crippen LogP contribution >= 0.6 is 0 Å². The van der Waals surface area contributed by atoms with E-state index in [1.54, 1.807) is 0 Å². The minimum atomic E-state index is -0.146. The van der Waals surface area contributed by atoms with E-state index in [9.17, 15) is 4.79 Å². The zero-order valence-corrected chi connectivity index (χ0v) is 14.6. The highest BCUT2D eigenvalue weighted by molar-refractivity contribution is 5.72. The molecule has 1 saturated carbocycles. The number of esters is 1. The van der Waals surface area contributed by atoms with E-state index in [2.05, 4.69) is 27.7 Å². The Labute approximate surface area is 138 Å². The Hall–Kier alpha value is -0.650. The molecule has 1 aliphatic carbocycles. The summed E-state index contributed by atoms with van der Waals surface area (Å²) in [7, 11) is 0. The van der Waals surface area contributed by atoms with Crippen molar-refractivity contribution < 1.29 is 23.7 Å². The van der Waals surface area contributed by atoms with Gasteiger partial charge in [0.25, 0.3) is 0 Å². The minimum absolute atomic E-state index is 0.00115. The molecule has 130 valence electrons. The highest BCUT2D eigenvalue weighted by Gasteiger charge is 2.58. The first kappa shape index (κ1) is 15.9. The second kappa shape index (κ2) is 4.93. The summed E-state index contributed by atoms with van der Waals surface area (Å²) in [6.07, 6.45) is 5.27. The summed E-state index contributed by atoms with van der Waals surface area (Å²) in [5, 5.41) is 0. The van der Waals surface area contributed by atoms with Gasteiger partial charge < -0.3 is 18.9 Å². The molecule has 4 rings (SSSR count). The van der Waals surface area contributed by atoms with Gasteiger partial charge in [-0.15, -0.1) is 0 Å². The van der Waals surface area contributed by atoms with Gasteiger partial charge in [0.2, 0.25) is 0 Å². The molecule has 0 N–H and O–H groups in total. The topological polar surface area (TPSA) is 63.9 Å². The predicted octanol–water partition coefficient (Wildman–Crippen LogP) is 2.60. The van der Waals surface area contributed by atoms with Crippen LogP contribution < -0.4 is 0 Å². The molecule has 0 spiro atoms. The van der Waals surface area contributed by atoms with Crippen LogP contribution in [0.5, 0.6) is 0 Å². The lowest BCUT2D eigenvalue weighted by Gasteiger charge is -2.20. The van der Waals surface area contributed by atoms with Gasteiger partial charge in [-0.3, -0.25) is 4.79 Å². The Morgan fingerprint density at radius 1 is 1.13 bits per heavy atom. The summed E-state index contributed by atoms with van der Waals surface area (Å²) in [4.78, 5) is 12.2. The largest absolute Gasteiger partial charge is 0.463 e. The van der Waals surface area contributed by atoms with Crippen LogP contribution in [0.15, 0.2) is 0 Å². The fraction of sp³-hybridized carbons (Fsp3) is 0.944. The van der Waals surface area contributed by atoms with Crippen molar-refractivity contribution in [3.63, 3.8) is 0 Å². The Kier molecular flexibility index (Phi) is 3.40. The predicted molar refractivity (Wildman–Crippen MR) is 83.0 cm³/mol. The molecule has 0 aromatic rings. The average Bonchev–Trinajstić information content (AvgIpc) is 3.39. The number of fused-ring (bicyclic) bond motifs is 1. The van der Waals surface area contributed by atoms with Crippen LogP contribution in [0.2, 0.25) is 0 Å². The van der Waals surface area contributed by atoms with E-state index in [0.29, 0.717) is 12.7 Å². The molecular weight excluding hydrogens is 296 g/mol. The van der Waals surface area contributed by atoms with E-state index in [1.807, 2.05) is 0 Å². The van der Waals surface area contributed by atoms with Crippen molar-refractivity contribution in [2.24, 2.45) is 5.92 Å². The zero-order valence-electron chi connectivity index (χ0n) is 14.6. The van der Waals surface area contributed by atoms with E-state index >= 15 is 0 Å². The normalized spacial score (nSPS) is 49.2. The number of carbonyl (C=O) groups excluding carboxylic acids is 1. The van der Waals surface area contributed by atoms with E-state index in [0.717, 1.165) is 32.1 Å². The van der Waals surface area contributed by atoms with E-state index < -0.39 is 0 Å². The van der Waals surface area contributed by atoms with Gasteiger partial charge in [-0.05, 0) is 59.8 Å². The lowest BCUT2D eigenvalue weighted by molar-refractivity contribution is -0.150. The summed E-state index contributed by atoms with van der Waals surface area (Å²) in [5.41, 5.74) is -0.0613. The van der Waals surface area contributed by atoms with Crippen molar-refractivity contribution >= 4 is 5.97 Å². The second-order valence-electron chi connectivity index (χ2n) is 8.69. The van der Waals surface area contributed by atoms with Crippen molar-refractivity contribution in [3.8, 4) is 0 Å². The van der Waals surface area contributed by atoms with Crippen molar-refractivity contribution in [3.05, 3.63) is 0 Å². The maximum Gasteiger partial charge on any atom is 0.309 e. The Bertz CT molecular complexity index is 518. The molecule has 0 amide bonds. The fourth-order valence-electron chi connectivity index (χ4n) is 4.01. The molecule has 5 heteroatoms. The number of hydrogen-bond donors (Lipinski definition) is 0. The van der Waals surface area contributed by atoms with E-state index in [1.165, 1.54) is 0 Å². The standard InChI is InChI=1S/C18H28O5/c1-16(2)12(21-16)6-8-18(4)14(23-18)10-20-15(19)11-5-7-17(3)13(9-11)22-17/h11-14H,5-10H2,1-4H3. The molecule has 4 aliphatic rings. The lowest BCUT2D eigenvalue weighted by atomic mass is 9.83. The molecule has 5 nitrogen and oxygen atoms in total. The Morgan fingerprint density at radius 3 is 2.52 bits per heavy atom. The highest BCUT2D eigenvalue weighted by Crippen LogP contribution is 2.50. The quantitative estimate of drug-likeness (QED) is 0.555. The summed E-state index contributed by atoms with van der Waals surface area (Å²) in [5.74, 6) is -0.0756. The summed E-state index contributed by atoms with van der Waals surface area (Å²) >= 11 is 0. The van der Waals surface area contributed by atoms with Gasteiger partial charge in [-0.1, -0.05) is 0 Å². The summed E-state index contributed by atoms with van der Waals surface area (Å²) in [6.45, 7) is 8.85. The second-order valence-corrected chi connectivity index (χ2v) is 8.69. The smallest absolute Gasteiger partial charge is 0.309 e. The van der Waals surface area contributed by atoms with Crippen LogP contribution in [0.25, 0.3) is 0 Å². The van der Waals surface area contributed by atoms with Gasteiger partial charge in [-0.25, -0.2) is 0 Å². The molecule has 4 fully saturated rings. The molecule has 6 atom stereocenters. The monoisotopic (exact) mass is 324 g/mol. The minimum Gasteiger partial charge on any atom is -0.463 e. The van der Waals surface area contributed by atoms with Crippen molar-refractivity contribution in [1.29, 1.82) is 0 Å². The van der Waals surface area contributed by atoms with Crippen molar-refractivity contribution in [2.45, 2.75) is 94.9 Å². The van der Waals surface area contributed by atoms with Crippen molar-refractivity contribution in [1.82, 2.24) is 0 Å². The molecule has 3 heterocycles. The van der Waals surface area contributed by atoms with Gasteiger partial charge in [0, 0.05) is 0 Å². The van der Waals surface area contributed by atoms with Crippen LogP contribution in [-0.4, -0.2) is 47.7 Å². The van der Waals surface area contributed by atoms with Gasteiger partial charge in [0.1, 0.15) is 12.7 Å². The van der Waals surface area contributed by atoms with Crippen molar-refractivity contribution in [2.75, 3.05) is 6.61 Å².